The molecule has 0 radical (unpaired) electrons. The highest BCUT2D eigenvalue weighted by molar-refractivity contribution is 6.30. The summed E-state index contributed by atoms with van der Waals surface area (Å²) in [4.78, 5) is 23.2. The molecule has 0 fully saturated rings. The Labute approximate surface area is 132 Å². The third-order valence-corrected chi connectivity index (χ3v) is 3.43. The fraction of sp³-hybridized carbons (Fsp3) is 0.125. The second-order valence-electron chi connectivity index (χ2n) is 4.90. The van der Waals surface area contributed by atoms with E-state index < -0.39 is 0 Å². The van der Waals surface area contributed by atoms with Crippen LogP contribution in [0.5, 0.6) is 5.75 Å². The van der Waals surface area contributed by atoms with Crippen molar-refractivity contribution < 1.29 is 14.3 Å². The molecule has 1 aliphatic rings. The van der Waals surface area contributed by atoms with E-state index in [1.807, 2.05) is 12.1 Å². The van der Waals surface area contributed by atoms with E-state index in [1.54, 1.807) is 30.3 Å². The Balaban J connectivity index is 1.66. The van der Waals surface area contributed by atoms with Gasteiger partial charge in [0.15, 0.2) is 6.61 Å². The van der Waals surface area contributed by atoms with E-state index in [0.717, 1.165) is 5.56 Å². The number of hydrogen-bond donors (Lipinski definition) is 2. The van der Waals surface area contributed by atoms with Crippen LogP contribution in [0.15, 0.2) is 42.5 Å². The summed E-state index contributed by atoms with van der Waals surface area (Å²) in [5.74, 6) is 0.220. The number of halogens is 1. The van der Waals surface area contributed by atoms with Gasteiger partial charge in [0.1, 0.15) is 5.75 Å². The van der Waals surface area contributed by atoms with E-state index in [0.29, 0.717) is 22.1 Å². The molecule has 2 amide bonds. The van der Waals surface area contributed by atoms with Gasteiger partial charge in [0.2, 0.25) is 5.91 Å². The average molecular weight is 317 g/mol. The molecule has 0 atom stereocenters. The number of hydrogen-bond acceptors (Lipinski definition) is 3. The molecule has 5 nitrogen and oxygen atoms in total. The Morgan fingerprint density at radius 3 is 2.77 bits per heavy atom. The maximum Gasteiger partial charge on any atom is 0.262 e. The fourth-order valence-electron chi connectivity index (χ4n) is 2.15. The third kappa shape index (κ3) is 3.38. The van der Waals surface area contributed by atoms with Crippen molar-refractivity contribution in [3.05, 3.63) is 53.1 Å². The average Bonchev–Trinajstić information content (AvgIpc) is 2.50. The van der Waals surface area contributed by atoms with E-state index >= 15 is 0 Å². The summed E-state index contributed by atoms with van der Waals surface area (Å²) in [6.45, 7) is -0.0187. The van der Waals surface area contributed by atoms with Gasteiger partial charge in [-0.1, -0.05) is 23.7 Å². The van der Waals surface area contributed by atoms with Gasteiger partial charge < -0.3 is 15.4 Å². The SMILES string of the molecule is O=C(Cc1ccc(Cl)cc1)Nc1ccc2c(c1)OCC(=O)N2. The molecule has 2 aromatic rings. The van der Waals surface area contributed by atoms with Gasteiger partial charge in [-0.05, 0) is 29.8 Å². The van der Waals surface area contributed by atoms with Crippen LogP contribution in [0, 0.1) is 0 Å². The first kappa shape index (κ1) is 14.4. The smallest absolute Gasteiger partial charge is 0.262 e. The Kier molecular flexibility index (Phi) is 3.98. The second kappa shape index (κ2) is 6.07. The van der Waals surface area contributed by atoms with Crippen LogP contribution in [0.3, 0.4) is 0 Å². The van der Waals surface area contributed by atoms with Crippen LogP contribution >= 0.6 is 11.6 Å². The zero-order valence-electron chi connectivity index (χ0n) is 11.6. The van der Waals surface area contributed by atoms with E-state index in [4.69, 9.17) is 16.3 Å². The summed E-state index contributed by atoms with van der Waals surface area (Å²) in [5, 5.41) is 6.14. The minimum Gasteiger partial charge on any atom is -0.482 e. The van der Waals surface area contributed by atoms with Gasteiger partial charge in [0, 0.05) is 16.8 Å². The highest BCUT2D eigenvalue weighted by Crippen LogP contribution is 2.30. The van der Waals surface area contributed by atoms with E-state index in [-0.39, 0.29) is 24.8 Å². The lowest BCUT2D eigenvalue weighted by molar-refractivity contribution is -0.118. The van der Waals surface area contributed by atoms with Crippen molar-refractivity contribution >= 4 is 34.8 Å². The lowest BCUT2D eigenvalue weighted by Gasteiger charge is -2.18. The van der Waals surface area contributed by atoms with Crippen molar-refractivity contribution in [2.75, 3.05) is 17.2 Å². The van der Waals surface area contributed by atoms with Gasteiger partial charge in [-0.2, -0.15) is 0 Å². The molecule has 2 aromatic carbocycles. The highest BCUT2D eigenvalue weighted by Gasteiger charge is 2.16. The predicted octanol–water partition coefficient (Wildman–Crippen LogP) is 2.85. The first-order valence-corrected chi connectivity index (χ1v) is 7.09. The third-order valence-electron chi connectivity index (χ3n) is 3.18. The summed E-state index contributed by atoms with van der Waals surface area (Å²) in [7, 11) is 0. The Bertz CT molecular complexity index is 729. The molecule has 22 heavy (non-hydrogen) atoms. The molecule has 0 aromatic heterocycles. The molecule has 0 saturated heterocycles. The molecular weight excluding hydrogens is 304 g/mol. The first-order chi connectivity index (χ1) is 10.6. The van der Waals surface area contributed by atoms with Gasteiger partial charge in [-0.15, -0.1) is 0 Å². The van der Waals surface area contributed by atoms with Crippen LogP contribution in [-0.2, 0) is 16.0 Å². The van der Waals surface area contributed by atoms with Crippen molar-refractivity contribution in [2.45, 2.75) is 6.42 Å². The second-order valence-corrected chi connectivity index (χ2v) is 5.34. The van der Waals surface area contributed by atoms with E-state index in [1.165, 1.54) is 0 Å². The Morgan fingerprint density at radius 2 is 2.00 bits per heavy atom. The quantitative estimate of drug-likeness (QED) is 0.915. The number of nitrogens with one attached hydrogen (secondary N) is 2. The molecule has 112 valence electrons. The number of carbonyl (C=O) groups excluding carboxylic acids is 2. The number of amides is 2. The molecular formula is C16H13ClN2O3. The largest absolute Gasteiger partial charge is 0.482 e. The molecule has 2 N–H and O–H groups in total. The van der Waals surface area contributed by atoms with Crippen LogP contribution < -0.4 is 15.4 Å². The van der Waals surface area contributed by atoms with Gasteiger partial charge >= 0.3 is 0 Å². The van der Waals surface area contributed by atoms with Crippen molar-refractivity contribution in [3.63, 3.8) is 0 Å². The van der Waals surface area contributed by atoms with Crippen LogP contribution in [0.25, 0.3) is 0 Å². The van der Waals surface area contributed by atoms with Crippen LogP contribution in [-0.4, -0.2) is 18.4 Å². The monoisotopic (exact) mass is 316 g/mol. The number of ether oxygens (including phenoxy) is 1. The van der Waals surface area contributed by atoms with E-state index in [9.17, 15) is 9.59 Å². The normalized spacial score (nSPS) is 12.9. The van der Waals surface area contributed by atoms with Gasteiger partial charge in [-0.3, -0.25) is 9.59 Å². The van der Waals surface area contributed by atoms with Gasteiger partial charge in [0.05, 0.1) is 12.1 Å². The first-order valence-electron chi connectivity index (χ1n) is 6.71. The lowest BCUT2D eigenvalue weighted by atomic mass is 10.1. The van der Waals surface area contributed by atoms with Crippen molar-refractivity contribution in [1.29, 1.82) is 0 Å². The maximum absolute atomic E-state index is 12.0. The molecule has 0 saturated carbocycles. The topological polar surface area (TPSA) is 67.4 Å². The number of anilines is 2. The molecule has 0 aliphatic carbocycles. The minimum absolute atomic E-state index is 0.0187. The highest BCUT2D eigenvalue weighted by atomic mass is 35.5. The van der Waals surface area contributed by atoms with E-state index in [2.05, 4.69) is 10.6 Å². The summed E-state index contributed by atoms with van der Waals surface area (Å²) >= 11 is 5.81. The van der Waals surface area contributed by atoms with Crippen molar-refractivity contribution in [1.82, 2.24) is 0 Å². The molecule has 0 spiro atoms. The Hall–Kier alpha value is -2.53. The summed E-state index contributed by atoms with van der Waals surface area (Å²) < 4.78 is 5.31. The Morgan fingerprint density at radius 1 is 1.23 bits per heavy atom. The number of rotatable bonds is 3. The summed E-state index contributed by atoms with van der Waals surface area (Å²) in [5.41, 5.74) is 2.10. The van der Waals surface area contributed by atoms with Crippen LogP contribution in [0.4, 0.5) is 11.4 Å². The van der Waals surface area contributed by atoms with Crippen LogP contribution in [0.1, 0.15) is 5.56 Å². The minimum atomic E-state index is -0.188. The molecule has 3 rings (SSSR count). The summed E-state index contributed by atoms with van der Waals surface area (Å²) in [6, 6.07) is 12.2. The number of carbonyl (C=O) groups is 2. The zero-order valence-corrected chi connectivity index (χ0v) is 12.3. The maximum atomic E-state index is 12.0. The van der Waals surface area contributed by atoms with Gasteiger partial charge in [0.25, 0.3) is 5.91 Å². The number of fused-ring (bicyclic) bond motifs is 1. The van der Waals surface area contributed by atoms with Crippen molar-refractivity contribution in [2.24, 2.45) is 0 Å². The standard InChI is InChI=1S/C16H13ClN2O3/c17-11-3-1-10(2-4-11)7-15(20)18-12-5-6-13-14(8-12)22-9-16(21)19-13/h1-6,8H,7,9H2,(H,18,20)(H,19,21). The zero-order chi connectivity index (χ0) is 15.5. The van der Waals surface area contributed by atoms with Crippen molar-refractivity contribution in [3.8, 4) is 5.75 Å². The lowest BCUT2D eigenvalue weighted by Crippen LogP contribution is -2.25. The molecule has 1 heterocycles. The molecule has 1 aliphatic heterocycles. The molecule has 0 bridgehead atoms. The predicted molar refractivity (Wildman–Crippen MR) is 84.4 cm³/mol. The molecule has 0 unspecified atom stereocenters. The number of benzene rings is 2. The van der Waals surface area contributed by atoms with Gasteiger partial charge in [-0.25, -0.2) is 0 Å². The summed E-state index contributed by atoms with van der Waals surface area (Å²) in [6.07, 6.45) is 0.256. The molecule has 6 heteroatoms. The fourth-order valence-corrected chi connectivity index (χ4v) is 2.27. The van der Waals surface area contributed by atoms with Crippen LogP contribution in [0.2, 0.25) is 5.02 Å².